The highest BCUT2D eigenvalue weighted by Crippen LogP contribution is 2.54. The molecule has 3 heteroatoms. The van der Waals surface area contributed by atoms with Crippen molar-refractivity contribution in [2.24, 2.45) is 0 Å². The largest absolute Gasteiger partial charge is 0.346 e. The van der Waals surface area contributed by atoms with E-state index in [1.54, 1.807) is 0 Å². The summed E-state index contributed by atoms with van der Waals surface area (Å²) in [5.74, 6) is 0.249. The van der Waals surface area contributed by atoms with Crippen molar-refractivity contribution in [1.82, 2.24) is 4.90 Å². The van der Waals surface area contributed by atoms with E-state index < -0.39 is 0 Å². The number of carbonyl (C=O) groups excluding carboxylic acids is 1. The summed E-state index contributed by atoms with van der Waals surface area (Å²) >= 11 is 0. The first-order valence-electron chi connectivity index (χ1n) is 8.75. The summed E-state index contributed by atoms with van der Waals surface area (Å²) in [5, 5.41) is 0. The smallest absolute Gasteiger partial charge is 0.225 e. The molecule has 0 saturated carbocycles. The monoisotopic (exact) mass is 324 g/mol. The van der Waals surface area contributed by atoms with E-state index in [0.717, 1.165) is 13.0 Å². The van der Waals surface area contributed by atoms with Gasteiger partial charge in [-0.25, -0.2) is 0 Å². The molecule has 0 radical (unpaired) electrons. The zero-order valence-corrected chi connectivity index (χ0v) is 15.5. The number of benzene rings is 1. The number of amides is 1. The lowest BCUT2D eigenvalue weighted by atomic mass is 9.76. The van der Waals surface area contributed by atoms with Gasteiger partial charge < -0.3 is 9.80 Å². The quantitative estimate of drug-likeness (QED) is 0.773. The Morgan fingerprint density at radius 3 is 2.50 bits per heavy atom. The summed E-state index contributed by atoms with van der Waals surface area (Å²) in [6, 6.07) is 8.63. The molecule has 1 aromatic carbocycles. The number of likely N-dealkylation sites (tertiary alicyclic amines) is 1. The molecular weight excluding hydrogens is 296 g/mol. The van der Waals surface area contributed by atoms with Gasteiger partial charge in [0.1, 0.15) is 6.17 Å². The zero-order valence-electron chi connectivity index (χ0n) is 15.5. The van der Waals surface area contributed by atoms with Crippen LogP contribution in [-0.4, -0.2) is 30.6 Å². The fourth-order valence-corrected chi connectivity index (χ4v) is 4.16. The molecule has 0 aromatic heterocycles. The Kier molecular flexibility index (Phi) is 4.29. The summed E-state index contributed by atoms with van der Waals surface area (Å²) in [4.78, 5) is 17.0. The second-order valence-electron chi connectivity index (χ2n) is 7.65. The Labute approximate surface area is 145 Å². The van der Waals surface area contributed by atoms with Crippen LogP contribution in [0.5, 0.6) is 0 Å². The van der Waals surface area contributed by atoms with E-state index >= 15 is 0 Å². The molecule has 0 spiro atoms. The number of para-hydroxylation sites is 1. The molecule has 0 N–H and O–H groups in total. The number of anilines is 1. The van der Waals surface area contributed by atoms with Gasteiger partial charge in [-0.3, -0.25) is 4.79 Å². The Morgan fingerprint density at radius 1 is 1.17 bits per heavy atom. The summed E-state index contributed by atoms with van der Waals surface area (Å²) in [7, 11) is 1.96. The van der Waals surface area contributed by atoms with Gasteiger partial charge in [-0.15, -0.1) is 0 Å². The van der Waals surface area contributed by atoms with E-state index in [0.29, 0.717) is 6.42 Å². The van der Waals surface area contributed by atoms with Crippen molar-refractivity contribution >= 4 is 11.6 Å². The second kappa shape index (κ2) is 6.12. The topological polar surface area (TPSA) is 23.6 Å². The van der Waals surface area contributed by atoms with E-state index in [4.69, 9.17) is 0 Å². The molecule has 24 heavy (non-hydrogen) atoms. The van der Waals surface area contributed by atoms with Gasteiger partial charge in [-0.1, -0.05) is 41.5 Å². The van der Waals surface area contributed by atoms with Crippen LogP contribution in [0.4, 0.5) is 5.69 Å². The molecule has 2 aliphatic rings. The minimum absolute atomic E-state index is 0.105. The number of hydrogen-bond donors (Lipinski definition) is 0. The number of hydrogen-bond acceptors (Lipinski definition) is 2. The maximum atomic E-state index is 12.6. The predicted octanol–water partition coefficient (Wildman–Crippen LogP) is 4.26. The molecule has 128 valence electrons. The number of carbonyl (C=O) groups is 1. The van der Waals surface area contributed by atoms with Crippen molar-refractivity contribution in [3.63, 3.8) is 0 Å². The second-order valence-corrected chi connectivity index (χ2v) is 7.65. The van der Waals surface area contributed by atoms with Gasteiger partial charge in [-0.05, 0) is 45.7 Å². The van der Waals surface area contributed by atoms with Gasteiger partial charge in [0.05, 0.1) is 0 Å². The molecule has 0 aliphatic carbocycles. The van der Waals surface area contributed by atoms with Crippen molar-refractivity contribution in [3.8, 4) is 0 Å². The number of likely N-dealkylation sites (N-methyl/N-ethyl adjacent to an activating group) is 1. The molecule has 2 aliphatic heterocycles. The molecule has 1 aromatic rings. The predicted molar refractivity (Wildman–Crippen MR) is 100 cm³/mol. The Balaban J connectivity index is 2.13. The van der Waals surface area contributed by atoms with Crippen LogP contribution in [0, 0.1) is 0 Å². The molecule has 2 unspecified atom stereocenters. The highest BCUT2D eigenvalue weighted by Gasteiger charge is 2.58. The lowest BCUT2D eigenvalue weighted by molar-refractivity contribution is -0.127. The first kappa shape index (κ1) is 16.8. The molecule has 2 atom stereocenters. The summed E-state index contributed by atoms with van der Waals surface area (Å²) in [5.41, 5.74) is 5.09. The normalized spacial score (nSPS) is 24.7. The Morgan fingerprint density at radius 2 is 1.83 bits per heavy atom. The summed E-state index contributed by atoms with van der Waals surface area (Å²) in [6.45, 7) is 9.37. The Bertz CT molecular complexity index is 710. The fourth-order valence-electron chi connectivity index (χ4n) is 4.16. The molecule has 0 bridgehead atoms. The molecular formula is C21H28N2O. The highest BCUT2D eigenvalue weighted by atomic mass is 16.2. The van der Waals surface area contributed by atoms with Crippen molar-refractivity contribution in [2.75, 3.05) is 18.5 Å². The lowest BCUT2D eigenvalue weighted by Crippen LogP contribution is -2.49. The molecule has 1 amide bonds. The van der Waals surface area contributed by atoms with Crippen LogP contribution in [0.1, 0.15) is 46.1 Å². The van der Waals surface area contributed by atoms with E-state index in [1.807, 2.05) is 11.9 Å². The number of allylic oxidation sites excluding steroid dienone is 3. The standard InChI is InChI=1S/C21H28N2O/c1-15(2)10-12-21-14-19(24)22(5)20(21)23(13-11-16(3)4)18-9-7-6-8-17(18)21/h6-11,20H,12-14H2,1-5H3. The van der Waals surface area contributed by atoms with E-state index in [9.17, 15) is 4.79 Å². The van der Waals surface area contributed by atoms with E-state index in [1.165, 1.54) is 22.4 Å². The molecule has 1 fully saturated rings. The van der Waals surface area contributed by atoms with Crippen LogP contribution in [0.2, 0.25) is 0 Å². The first-order chi connectivity index (χ1) is 11.4. The van der Waals surface area contributed by atoms with Gasteiger partial charge in [0, 0.05) is 31.1 Å². The van der Waals surface area contributed by atoms with E-state index in [-0.39, 0.29) is 17.5 Å². The fraction of sp³-hybridized carbons (Fsp3) is 0.476. The third-order valence-corrected chi connectivity index (χ3v) is 5.34. The molecule has 1 saturated heterocycles. The maximum Gasteiger partial charge on any atom is 0.225 e. The minimum atomic E-state index is -0.130. The van der Waals surface area contributed by atoms with Gasteiger partial charge >= 0.3 is 0 Å². The SMILES string of the molecule is CC(C)=CCN1c2ccccc2C2(CC=C(C)C)CC(=O)N(C)C12. The summed E-state index contributed by atoms with van der Waals surface area (Å²) in [6.07, 6.45) is 6.16. The van der Waals surface area contributed by atoms with Crippen molar-refractivity contribution in [1.29, 1.82) is 0 Å². The average molecular weight is 324 g/mol. The van der Waals surface area contributed by atoms with Crippen LogP contribution in [-0.2, 0) is 10.2 Å². The van der Waals surface area contributed by atoms with Crippen molar-refractivity contribution in [2.45, 2.75) is 52.1 Å². The molecule has 3 rings (SSSR count). The van der Waals surface area contributed by atoms with Gasteiger partial charge in [0.2, 0.25) is 5.91 Å². The highest BCUT2D eigenvalue weighted by molar-refractivity contribution is 5.86. The van der Waals surface area contributed by atoms with Crippen LogP contribution in [0.15, 0.2) is 47.6 Å². The van der Waals surface area contributed by atoms with Crippen LogP contribution in [0.3, 0.4) is 0 Å². The Hall–Kier alpha value is -2.03. The number of nitrogens with zero attached hydrogens (tertiary/aromatic N) is 2. The van der Waals surface area contributed by atoms with Crippen LogP contribution < -0.4 is 4.90 Å². The third-order valence-electron chi connectivity index (χ3n) is 5.34. The van der Waals surface area contributed by atoms with Crippen molar-refractivity contribution < 1.29 is 4.79 Å². The number of fused-ring (bicyclic) bond motifs is 3. The maximum absolute atomic E-state index is 12.6. The average Bonchev–Trinajstić information content (AvgIpc) is 2.94. The third kappa shape index (κ3) is 2.56. The van der Waals surface area contributed by atoms with Gasteiger partial charge in [0.15, 0.2) is 0 Å². The first-order valence-corrected chi connectivity index (χ1v) is 8.75. The van der Waals surface area contributed by atoms with Crippen LogP contribution in [0.25, 0.3) is 0 Å². The zero-order chi connectivity index (χ0) is 17.5. The lowest BCUT2D eigenvalue weighted by Gasteiger charge is -2.36. The minimum Gasteiger partial charge on any atom is -0.346 e. The van der Waals surface area contributed by atoms with Crippen LogP contribution >= 0.6 is 0 Å². The van der Waals surface area contributed by atoms with Gasteiger partial charge in [-0.2, -0.15) is 0 Å². The van der Waals surface area contributed by atoms with E-state index in [2.05, 4.69) is 69.0 Å². The molecule has 2 heterocycles. The van der Waals surface area contributed by atoms with Crippen molar-refractivity contribution in [3.05, 3.63) is 53.1 Å². The molecule has 3 nitrogen and oxygen atoms in total. The number of rotatable bonds is 4. The van der Waals surface area contributed by atoms with Gasteiger partial charge in [0.25, 0.3) is 0 Å². The summed E-state index contributed by atoms with van der Waals surface area (Å²) < 4.78 is 0.